The van der Waals surface area contributed by atoms with Crippen molar-refractivity contribution in [1.29, 1.82) is 0 Å². The number of carbonyl (C=O) groups excluding carboxylic acids is 1. The molecular formula is C16H24N2O2. The van der Waals surface area contributed by atoms with E-state index in [9.17, 15) is 4.79 Å². The largest absolute Gasteiger partial charge is 0.394 e. The van der Waals surface area contributed by atoms with Crippen LogP contribution in [0.15, 0.2) is 24.3 Å². The Morgan fingerprint density at radius 1 is 1.35 bits per heavy atom. The monoisotopic (exact) mass is 276 g/mol. The summed E-state index contributed by atoms with van der Waals surface area (Å²) in [5.41, 5.74) is 1.69. The van der Waals surface area contributed by atoms with E-state index < -0.39 is 0 Å². The molecule has 1 atom stereocenters. The Labute approximate surface area is 120 Å². The average molecular weight is 276 g/mol. The molecule has 1 aliphatic carbocycles. The van der Waals surface area contributed by atoms with E-state index >= 15 is 0 Å². The number of amides is 1. The van der Waals surface area contributed by atoms with Gasteiger partial charge in [-0.15, -0.1) is 0 Å². The SMILES string of the molecule is CCC(CO)NC(=O)c1ccc(NCC2CCC2)cc1. The third-order valence-electron chi connectivity index (χ3n) is 4.02. The molecule has 1 aromatic rings. The molecule has 0 spiro atoms. The number of hydrogen-bond acceptors (Lipinski definition) is 3. The van der Waals surface area contributed by atoms with Crippen molar-refractivity contribution < 1.29 is 9.90 Å². The van der Waals surface area contributed by atoms with Gasteiger partial charge in [0, 0.05) is 17.8 Å². The van der Waals surface area contributed by atoms with E-state index in [2.05, 4.69) is 10.6 Å². The maximum absolute atomic E-state index is 12.0. The number of carbonyl (C=O) groups is 1. The van der Waals surface area contributed by atoms with Gasteiger partial charge in [-0.25, -0.2) is 0 Å². The van der Waals surface area contributed by atoms with Crippen molar-refractivity contribution >= 4 is 11.6 Å². The normalized spacial score (nSPS) is 16.3. The smallest absolute Gasteiger partial charge is 0.251 e. The summed E-state index contributed by atoms with van der Waals surface area (Å²) in [5, 5.41) is 15.3. The van der Waals surface area contributed by atoms with Crippen LogP contribution >= 0.6 is 0 Å². The van der Waals surface area contributed by atoms with E-state index in [0.29, 0.717) is 5.56 Å². The topological polar surface area (TPSA) is 61.4 Å². The highest BCUT2D eigenvalue weighted by Gasteiger charge is 2.16. The first-order valence-corrected chi connectivity index (χ1v) is 7.48. The molecule has 0 saturated heterocycles. The number of benzene rings is 1. The fourth-order valence-corrected chi connectivity index (χ4v) is 2.24. The van der Waals surface area contributed by atoms with Crippen LogP contribution in [-0.2, 0) is 0 Å². The van der Waals surface area contributed by atoms with Crippen molar-refractivity contribution in [3.63, 3.8) is 0 Å². The second kappa shape index (κ2) is 7.29. The van der Waals surface area contributed by atoms with Gasteiger partial charge in [0.2, 0.25) is 0 Å². The van der Waals surface area contributed by atoms with Gasteiger partial charge in [0.15, 0.2) is 0 Å². The fourth-order valence-electron chi connectivity index (χ4n) is 2.24. The standard InChI is InChI=1S/C16H24N2O2/c1-2-14(11-19)18-16(20)13-6-8-15(9-7-13)17-10-12-4-3-5-12/h6-9,12,14,17,19H,2-5,10-11H2,1H3,(H,18,20). The lowest BCUT2D eigenvalue weighted by atomic mass is 9.85. The number of nitrogens with one attached hydrogen (secondary N) is 2. The highest BCUT2D eigenvalue weighted by Crippen LogP contribution is 2.26. The minimum absolute atomic E-state index is 0.0245. The molecule has 4 nitrogen and oxygen atoms in total. The zero-order valence-electron chi connectivity index (χ0n) is 12.1. The van der Waals surface area contributed by atoms with Gasteiger partial charge in [-0.1, -0.05) is 13.3 Å². The Morgan fingerprint density at radius 2 is 2.05 bits per heavy atom. The van der Waals surface area contributed by atoms with Gasteiger partial charge < -0.3 is 15.7 Å². The fraction of sp³-hybridized carbons (Fsp3) is 0.562. The van der Waals surface area contributed by atoms with E-state index in [0.717, 1.165) is 24.6 Å². The van der Waals surface area contributed by atoms with E-state index in [-0.39, 0.29) is 18.6 Å². The Morgan fingerprint density at radius 3 is 2.55 bits per heavy atom. The van der Waals surface area contributed by atoms with Crippen LogP contribution in [0.2, 0.25) is 0 Å². The summed E-state index contributed by atoms with van der Waals surface area (Å²) in [6.45, 7) is 2.94. The van der Waals surface area contributed by atoms with E-state index in [1.54, 1.807) is 0 Å². The molecular weight excluding hydrogens is 252 g/mol. The highest BCUT2D eigenvalue weighted by atomic mass is 16.3. The molecule has 1 amide bonds. The molecule has 0 aliphatic heterocycles. The van der Waals surface area contributed by atoms with Crippen LogP contribution in [0, 0.1) is 5.92 Å². The minimum atomic E-state index is -0.168. The van der Waals surface area contributed by atoms with E-state index in [1.165, 1.54) is 19.3 Å². The second-order valence-corrected chi connectivity index (χ2v) is 5.52. The summed E-state index contributed by atoms with van der Waals surface area (Å²) in [5.74, 6) is 0.685. The molecule has 3 N–H and O–H groups in total. The Hall–Kier alpha value is -1.55. The molecule has 0 heterocycles. The maximum atomic E-state index is 12.0. The summed E-state index contributed by atoms with van der Waals surface area (Å²) >= 11 is 0. The lowest BCUT2D eigenvalue weighted by molar-refractivity contribution is 0.0915. The maximum Gasteiger partial charge on any atom is 0.251 e. The Balaban J connectivity index is 1.84. The lowest BCUT2D eigenvalue weighted by Crippen LogP contribution is -2.36. The van der Waals surface area contributed by atoms with Crippen molar-refractivity contribution in [2.75, 3.05) is 18.5 Å². The van der Waals surface area contributed by atoms with E-state index in [4.69, 9.17) is 5.11 Å². The van der Waals surface area contributed by atoms with Gasteiger partial charge in [-0.05, 0) is 49.4 Å². The molecule has 1 aromatic carbocycles. The van der Waals surface area contributed by atoms with Gasteiger partial charge in [0.25, 0.3) is 5.91 Å². The van der Waals surface area contributed by atoms with Crippen molar-refractivity contribution in [1.82, 2.24) is 5.32 Å². The number of anilines is 1. The van der Waals surface area contributed by atoms with Crippen LogP contribution in [-0.4, -0.2) is 30.2 Å². The number of rotatable bonds is 7. The predicted octanol–water partition coefficient (Wildman–Crippen LogP) is 2.40. The molecule has 1 aliphatic rings. The summed E-state index contributed by atoms with van der Waals surface area (Å²) < 4.78 is 0. The Bertz CT molecular complexity index is 423. The number of aliphatic hydroxyl groups is 1. The molecule has 4 heteroatoms. The minimum Gasteiger partial charge on any atom is -0.394 e. The third kappa shape index (κ3) is 3.97. The zero-order valence-corrected chi connectivity index (χ0v) is 12.1. The van der Waals surface area contributed by atoms with E-state index in [1.807, 2.05) is 31.2 Å². The molecule has 2 rings (SSSR count). The van der Waals surface area contributed by atoms with Crippen molar-refractivity contribution in [3.8, 4) is 0 Å². The van der Waals surface area contributed by atoms with Gasteiger partial charge in [-0.2, -0.15) is 0 Å². The van der Waals surface area contributed by atoms with Crippen molar-refractivity contribution in [2.24, 2.45) is 5.92 Å². The molecule has 1 saturated carbocycles. The third-order valence-corrected chi connectivity index (χ3v) is 4.02. The first-order chi connectivity index (χ1) is 9.72. The van der Waals surface area contributed by atoms with Crippen molar-refractivity contribution in [3.05, 3.63) is 29.8 Å². The lowest BCUT2D eigenvalue weighted by Gasteiger charge is -2.25. The zero-order chi connectivity index (χ0) is 14.4. The average Bonchev–Trinajstić information content (AvgIpc) is 2.43. The van der Waals surface area contributed by atoms with Gasteiger partial charge in [0.05, 0.1) is 12.6 Å². The van der Waals surface area contributed by atoms with Gasteiger partial charge >= 0.3 is 0 Å². The number of aliphatic hydroxyl groups excluding tert-OH is 1. The molecule has 0 bridgehead atoms. The quantitative estimate of drug-likeness (QED) is 0.716. The summed E-state index contributed by atoms with van der Waals surface area (Å²) in [4.78, 5) is 12.0. The van der Waals surface area contributed by atoms with Crippen LogP contribution in [0.4, 0.5) is 5.69 Å². The molecule has 1 fully saturated rings. The molecule has 1 unspecified atom stereocenters. The Kier molecular flexibility index (Phi) is 5.41. The molecule has 0 radical (unpaired) electrons. The van der Waals surface area contributed by atoms with Crippen LogP contribution in [0.25, 0.3) is 0 Å². The number of hydrogen-bond donors (Lipinski definition) is 3. The summed E-state index contributed by atoms with van der Waals surface area (Å²) in [6, 6.07) is 7.35. The van der Waals surface area contributed by atoms with Crippen molar-refractivity contribution in [2.45, 2.75) is 38.6 Å². The van der Waals surface area contributed by atoms with Crippen LogP contribution in [0.3, 0.4) is 0 Å². The predicted molar refractivity (Wildman–Crippen MR) is 80.9 cm³/mol. The first kappa shape index (κ1) is 14.9. The van der Waals surface area contributed by atoms with Gasteiger partial charge in [0.1, 0.15) is 0 Å². The second-order valence-electron chi connectivity index (χ2n) is 5.52. The van der Waals surface area contributed by atoms with Crippen LogP contribution < -0.4 is 10.6 Å². The first-order valence-electron chi connectivity index (χ1n) is 7.48. The molecule has 110 valence electrons. The van der Waals surface area contributed by atoms with Gasteiger partial charge in [-0.3, -0.25) is 4.79 Å². The summed E-state index contributed by atoms with van der Waals surface area (Å²) in [6.07, 6.45) is 4.73. The molecule has 20 heavy (non-hydrogen) atoms. The van der Waals surface area contributed by atoms with Crippen LogP contribution in [0.1, 0.15) is 43.0 Å². The highest BCUT2D eigenvalue weighted by molar-refractivity contribution is 5.94. The van der Waals surface area contributed by atoms with Crippen LogP contribution in [0.5, 0.6) is 0 Å². The molecule has 0 aromatic heterocycles. The summed E-state index contributed by atoms with van der Waals surface area (Å²) in [7, 11) is 0.